The molecule has 2 rings (SSSR count). The molecule has 2 aromatic rings. The van der Waals surface area contributed by atoms with Gasteiger partial charge in [-0.2, -0.15) is 9.78 Å². The van der Waals surface area contributed by atoms with Crippen molar-refractivity contribution in [3.63, 3.8) is 0 Å². The molecule has 1 aromatic carbocycles. The Balaban J connectivity index is 2.32. The van der Waals surface area contributed by atoms with Gasteiger partial charge in [0.2, 0.25) is 0 Å². The van der Waals surface area contributed by atoms with Crippen LogP contribution in [0.25, 0.3) is 5.69 Å². The average Bonchev–Trinajstić information content (AvgIpc) is 2.53. The molecule has 1 unspecified atom stereocenters. The number of hydrogen-bond acceptors (Lipinski definition) is 4. The van der Waals surface area contributed by atoms with Gasteiger partial charge < -0.3 is 10.0 Å². The van der Waals surface area contributed by atoms with Crippen LogP contribution in [0.2, 0.25) is 0 Å². The van der Waals surface area contributed by atoms with Crippen LogP contribution in [0.4, 0.5) is 4.39 Å². The highest BCUT2D eigenvalue weighted by Crippen LogP contribution is 2.10. The maximum absolute atomic E-state index is 13.8. The number of aromatic nitrogens is 2. The van der Waals surface area contributed by atoms with Crippen LogP contribution in [-0.4, -0.2) is 45.4 Å². The summed E-state index contributed by atoms with van der Waals surface area (Å²) in [6, 6.07) is 8.19. The standard InChI is InChI=1S/C16H18FN3O3/c1-11(21)9-10-19(2)16(23)13-7-8-15(22)20(18-13)14-6-4-3-5-12(14)17/h3-8,11,21H,9-10H2,1-2H3. The summed E-state index contributed by atoms with van der Waals surface area (Å²) >= 11 is 0. The minimum atomic E-state index is -0.603. The number of nitrogens with zero attached hydrogens (tertiary/aromatic N) is 3. The van der Waals surface area contributed by atoms with Crippen molar-refractivity contribution in [1.29, 1.82) is 0 Å². The summed E-state index contributed by atoms with van der Waals surface area (Å²) in [5, 5.41) is 13.2. The van der Waals surface area contributed by atoms with E-state index in [0.717, 1.165) is 4.68 Å². The molecule has 6 nitrogen and oxygen atoms in total. The molecule has 0 aliphatic carbocycles. The molecule has 0 radical (unpaired) electrons. The highest BCUT2D eigenvalue weighted by Gasteiger charge is 2.16. The number of aliphatic hydroxyl groups excluding tert-OH is 1. The summed E-state index contributed by atoms with van der Waals surface area (Å²) in [4.78, 5) is 25.6. The van der Waals surface area contributed by atoms with Gasteiger partial charge in [-0.25, -0.2) is 4.39 Å². The van der Waals surface area contributed by atoms with Crippen LogP contribution in [0.15, 0.2) is 41.2 Å². The smallest absolute Gasteiger partial charge is 0.274 e. The zero-order chi connectivity index (χ0) is 17.0. The molecule has 0 aliphatic heterocycles. The Bertz CT molecular complexity index is 758. The normalized spacial score (nSPS) is 12.0. The van der Waals surface area contributed by atoms with Gasteiger partial charge >= 0.3 is 0 Å². The molecular formula is C16H18FN3O3. The number of halogens is 1. The molecular weight excluding hydrogens is 301 g/mol. The predicted octanol–water partition coefficient (Wildman–Crippen LogP) is 1.21. The van der Waals surface area contributed by atoms with Crippen molar-refractivity contribution < 1.29 is 14.3 Å². The van der Waals surface area contributed by atoms with Crippen LogP contribution >= 0.6 is 0 Å². The summed E-state index contributed by atoms with van der Waals surface area (Å²) in [5.74, 6) is -1.01. The van der Waals surface area contributed by atoms with Gasteiger partial charge in [-0.05, 0) is 31.5 Å². The molecule has 1 N–H and O–H groups in total. The molecule has 0 bridgehead atoms. The van der Waals surface area contributed by atoms with E-state index in [0.29, 0.717) is 13.0 Å². The SMILES string of the molecule is CC(O)CCN(C)C(=O)c1ccc(=O)n(-c2ccccc2F)n1. The Morgan fingerprint density at radius 3 is 2.70 bits per heavy atom. The fraction of sp³-hybridized carbons (Fsp3) is 0.312. The van der Waals surface area contributed by atoms with E-state index in [1.54, 1.807) is 20.0 Å². The molecule has 1 heterocycles. The Morgan fingerprint density at radius 2 is 2.04 bits per heavy atom. The first-order valence-corrected chi connectivity index (χ1v) is 7.19. The third-order valence-electron chi connectivity index (χ3n) is 3.33. The first kappa shape index (κ1) is 16.8. The summed E-state index contributed by atoms with van der Waals surface area (Å²) in [7, 11) is 1.57. The van der Waals surface area contributed by atoms with Crippen molar-refractivity contribution in [2.75, 3.05) is 13.6 Å². The number of carbonyl (C=O) groups is 1. The summed E-state index contributed by atoms with van der Waals surface area (Å²) in [6.07, 6.45) is -0.0968. The van der Waals surface area contributed by atoms with Crippen molar-refractivity contribution in [2.45, 2.75) is 19.4 Å². The maximum Gasteiger partial charge on any atom is 0.274 e. The number of rotatable bonds is 5. The summed E-state index contributed by atoms with van der Waals surface area (Å²) in [5.41, 5.74) is -0.516. The third-order valence-corrected chi connectivity index (χ3v) is 3.33. The van der Waals surface area contributed by atoms with E-state index in [1.165, 1.54) is 35.2 Å². The number of amides is 1. The summed E-state index contributed by atoms with van der Waals surface area (Å²) in [6.45, 7) is 1.98. The van der Waals surface area contributed by atoms with Gasteiger partial charge in [-0.15, -0.1) is 0 Å². The summed E-state index contributed by atoms with van der Waals surface area (Å²) < 4.78 is 14.7. The van der Waals surface area contributed by atoms with Gasteiger partial charge in [0.25, 0.3) is 11.5 Å². The van der Waals surface area contributed by atoms with Crippen molar-refractivity contribution in [2.24, 2.45) is 0 Å². The van der Waals surface area contributed by atoms with Gasteiger partial charge in [-0.3, -0.25) is 9.59 Å². The predicted molar refractivity (Wildman–Crippen MR) is 83.1 cm³/mol. The Labute approximate surface area is 132 Å². The van der Waals surface area contributed by atoms with E-state index in [2.05, 4.69) is 5.10 Å². The van der Waals surface area contributed by atoms with Gasteiger partial charge in [0.1, 0.15) is 17.2 Å². The van der Waals surface area contributed by atoms with Gasteiger partial charge in [0.15, 0.2) is 0 Å². The second-order valence-electron chi connectivity index (χ2n) is 5.28. The highest BCUT2D eigenvalue weighted by molar-refractivity contribution is 5.91. The van der Waals surface area contributed by atoms with Crippen molar-refractivity contribution in [3.8, 4) is 5.69 Å². The molecule has 1 atom stereocenters. The van der Waals surface area contributed by atoms with Gasteiger partial charge in [-0.1, -0.05) is 12.1 Å². The van der Waals surface area contributed by atoms with Crippen LogP contribution < -0.4 is 5.56 Å². The molecule has 0 saturated carbocycles. The average molecular weight is 319 g/mol. The maximum atomic E-state index is 13.8. The minimum absolute atomic E-state index is 0.0150. The number of benzene rings is 1. The quantitative estimate of drug-likeness (QED) is 0.899. The Kier molecular flexibility index (Phi) is 5.23. The molecule has 0 aliphatic rings. The molecule has 0 saturated heterocycles. The number of hydrogen-bond donors (Lipinski definition) is 1. The third kappa shape index (κ3) is 4.01. The van der Waals surface area contributed by atoms with E-state index in [9.17, 15) is 19.1 Å². The van der Waals surface area contributed by atoms with E-state index in [1.807, 2.05) is 0 Å². The molecule has 7 heteroatoms. The van der Waals surface area contributed by atoms with Crippen molar-refractivity contribution in [1.82, 2.24) is 14.7 Å². The lowest BCUT2D eigenvalue weighted by Crippen LogP contribution is -2.32. The van der Waals surface area contributed by atoms with Crippen LogP contribution in [0.3, 0.4) is 0 Å². The van der Waals surface area contributed by atoms with Crippen molar-refractivity contribution >= 4 is 5.91 Å². The molecule has 1 amide bonds. The lowest BCUT2D eigenvalue weighted by molar-refractivity contribution is 0.0761. The fourth-order valence-electron chi connectivity index (χ4n) is 2.00. The molecule has 23 heavy (non-hydrogen) atoms. The van der Waals surface area contributed by atoms with Crippen LogP contribution in [0, 0.1) is 5.82 Å². The number of aliphatic hydroxyl groups is 1. The molecule has 1 aromatic heterocycles. The van der Waals surface area contributed by atoms with Crippen LogP contribution in [-0.2, 0) is 0 Å². The monoisotopic (exact) mass is 319 g/mol. The van der Waals surface area contributed by atoms with E-state index in [-0.39, 0.29) is 11.4 Å². The lowest BCUT2D eigenvalue weighted by Gasteiger charge is -2.18. The van der Waals surface area contributed by atoms with E-state index in [4.69, 9.17) is 0 Å². The van der Waals surface area contributed by atoms with Gasteiger partial charge in [0, 0.05) is 19.7 Å². The van der Waals surface area contributed by atoms with Crippen LogP contribution in [0.1, 0.15) is 23.8 Å². The highest BCUT2D eigenvalue weighted by atomic mass is 19.1. The van der Waals surface area contributed by atoms with Gasteiger partial charge in [0.05, 0.1) is 6.10 Å². The number of para-hydroxylation sites is 1. The topological polar surface area (TPSA) is 75.4 Å². The fourth-order valence-corrected chi connectivity index (χ4v) is 2.00. The number of carbonyl (C=O) groups excluding carboxylic acids is 1. The van der Waals surface area contributed by atoms with E-state index >= 15 is 0 Å². The Morgan fingerprint density at radius 1 is 1.35 bits per heavy atom. The minimum Gasteiger partial charge on any atom is -0.393 e. The lowest BCUT2D eigenvalue weighted by atomic mass is 10.2. The largest absolute Gasteiger partial charge is 0.393 e. The zero-order valence-electron chi connectivity index (χ0n) is 12.9. The zero-order valence-corrected chi connectivity index (χ0v) is 12.9. The Hall–Kier alpha value is -2.54. The van der Waals surface area contributed by atoms with E-state index < -0.39 is 23.4 Å². The second-order valence-corrected chi connectivity index (χ2v) is 5.28. The molecule has 122 valence electrons. The van der Waals surface area contributed by atoms with Crippen LogP contribution in [0.5, 0.6) is 0 Å². The van der Waals surface area contributed by atoms with Crippen molar-refractivity contribution in [3.05, 3.63) is 58.3 Å². The first-order chi connectivity index (χ1) is 10.9. The molecule has 0 spiro atoms. The second kappa shape index (κ2) is 7.15. The first-order valence-electron chi connectivity index (χ1n) is 7.19. The molecule has 0 fully saturated rings.